The van der Waals surface area contributed by atoms with Crippen molar-refractivity contribution in [1.82, 2.24) is 10.2 Å². The van der Waals surface area contributed by atoms with E-state index in [0.29, 0.717) is 41.8 Å². The summed E-state index contributed by atoms with van der Waals surface area (Å²) >= 11 is 0. The van der Waals surface area contributed by atoms with Crippen LogP contribution in [-0.2, 0) is 6.54 Å². The number of carbonyl (C=O) groups is 1. The number of nitrogens with one attached hydrogen (secondary N) is 1. The molecule has 1 amide bonds. The Morgan fingerprint density at radius 2 is 1.54 bits per heavy atom. The Kier molecular flexibility index (Phi) is 8.16. The van der Waals surface area contributed by atoms with Crippen LogP contribution in [0.2, 0.25) is 0 Å². The van der Waals surface area contributed by atoms with Crippen molar-refractivity contribution in [2.45, 2.75) is 31.2 Å². The number of anilines is 2. The standard InChI is InChI=1S/C39H40F2N4O3/c40-33-18-27(38-30-8-7-29(46)20-37(30)48-24-32(38)26-4-2-1-3-5-26)6-9-35(33)44-12-10-25(11-13-44)23-43-14-16-45(17-15-43)36-19-28-22-42-39(47)31(28)21-34(36)41/h1-9,18-21,25,32,38,46H,10-17,22-24H2,(H,42,47)/t32?,38-/m1/s1. The lowest BCUT2D eigenvalue weighted by molar-refractivity contribution is 0.0965. The summed E-state index contributed by atoms with van der Waals surface area (Å²) in [7, 11) is 0. The molecular weight excluding hydrogens is 610 g/mol. The summed E-state index contributed by atoms with van der Waals surface area (Å²) < 4.78 is 36.9. The molecule has 0 aliphatic carbocycles. The first-order valence-corrected chi connectivity index (χ1v) is 17.0. The quantitative estimate of drug-likeness (QED) is 0.257. The molecule has 248 valence electrons. The summed E-state index contributed by atoms with van der Waals surface area (Å²) in [6.45, 7) is 6.73. The van der Waals surface area contributed by atoms with Crippen molar-refractivity contribution in [2.75, 3.05) is 62.2 Å². The first kappa shape index (κ1) is 30.7. The molecule has 2 atom stereocenters. The predicted octanol–water partition coefficient (Wildman–Crippen LogP) is 6.26. The number of rotatable bonds is 6. The third-order valence-corrected chi connectivity index (χ3v) is 10.8. The molecule has 2 N–H and O–H groups in total. The first-order chi connectivity index (χ1) is 23.4. The third-order valence-electron chi connectivity index (χ3n) is 10.8. The highest BCUT2D eigenvalue weighted by Gasteiger charge is 2.35. The Balaban J connectivity index is 0.900. The number of phenols is 1. The second kappa shape index (κ2) is 12.8. The Morgan fingerprint density at radius 1 is 0.792 bits per heavy atom. The summed E-state index contributed by atoms with van der Waals surface area (Å²) in [5.74, 6) is 0.498. The van der Waals surface area contributed by atoms with Gasteiger partial charge in [-0.3, -0.25) is 9.69 Å². The number of amides is 1. The van der Waals surface area contributed by atoms with Crippen molar-refractivity contribution >= 4 is 17.3 Å². The molecule has 4 heterocycles. The minimum atomic E-state index is -0.333. The van der Waals surface area contributed by atoms with E-state index >= 15 is 4.39 Å². The van der Waals surface area contributed by atoms with Crippen molar-refractivity contribution in [2.24, 2.45) is 5.92 Å². The Hall–Kier alpha value is -4.63. The lowest BCUT2D eigenvalue weighted by Crippen LogP contribution is -2.49. The van der Waals surface area contributed by atoms with E-state index in [1.54, 1.807) is 18.2 Å². The van der Waals surface area contributed by atoms with E-state index in [4.69, 9.17) is 4.74 Å². The van der Waals surface area contributed by atoms with Gasteiger partial charge in [-0.15, -0.1) is 0 Å². The number of nitrogens with zero attached hydrogens (tertiary/aromatic N) is 3. The van der Waals surface area contributed by atoms with Gasteiger partial charge in [-0.25, -0.2) is 8.78 Å². The molecule has 7 nitrogen and oxygen atoms in total. The number of phenolic OH excluding ortho intramolecular Hbond substituents is 1. The normalized spacial score (nSPS) is 21.4. The van der Waals surface area contributed by atoms with Gasteiger partial charge in [-0.1, -0.05) is 42.5 Å². The summed E-state index contributed by atoms with van der Waals surface area (Å²) in [6.07, 6.45) is 1.99. The smallest absolute Gasteiger partial charge is 0.252 e. The van der Waals surface area contributed by atoms with Gasteiger partial charge in [0.25, 0.3) is 5.91 Å². The number of aromatic hydroxyl groups is 1. The fraction of sp³-hybridized carbons (Fsp3) is 0.359. The molecule has 9 heteroatoms. The van der Waals surface area contributed by atoms with E-state index < -0.39 is 0 Å². The number of halogens is 2. The predicted molar refractivity (Wildman–Crippen MR) is 182 cm³/mol. The van der Waals surface area contributed by atoms with Gasteiger partial charge in [0.05, 0.1) is 18.0 Å². The Labute approximate surface area is 279 Å². The van der Waals surface area contributed by atoms with Gasteiger partial charge in [0.2, 0.25) is 0 Å². The molecule has 4 aliphatic heterocycles. The molecule has 4 aliphatic rings. The van der Waals surface area contributed by atoms with Crippen molar-refractivity contribution in [3.05, 3.63) is 118 Å². The molecular formula is C39H40F2N4O3. The Morgan fingerprint density at radius 3 is 2.31 bits per heavy atom. The lowest BCUT2D eigenvalue weighted by Gasteiger charge is -2.40. The highest BCUT2D eigenvalue weighted by atomic mass is 19.1. The summed E-state index contributed by atoms with van der Waals surface area (Å²) in [5, 5.41) is 12.9. The van der Waals surface area contributed by atoms with Gasteiger partial charge in [-0.05, 0) is 65.8 Å². The maximum atomic E-state index is 16.0. The molecule has 4 aromatic carbocycles. The molecule has 0 spiro atoms. The highest BCUT2D eigenvalue weighted by Crippen LogP contribution is 2.47. The van der Waals surface area contributed by atoms with Crippen molar-refractivity contribution < 1.29 is 23.4 Å². The average Bonchev–Trinajstić information content (AvgIpc) is 3.47. The van der Waals surface area contributed by atoms with Crippen LogP contribution in [0.25, 0.3) is 0 Å². The van der Waals surface area contributed by atoms with Crippen LogP contribution in [0.15, 0.2) is 78.9 Å². The van der Waals surface area contributed by atoms with Gasteiger partial charge in [0.1, 0.15) is 23.1 Å². The topological polar surface area (TPSA) is 68.3 Å². The van der Waals surface area contributed by atoms with Crippen LogP contribution >= 0.6 is 0 Å². The zero-order valence-corrected chi connectivity index (χ0v) is 26.9. The van der Waals surface area contributed by atoms with E-state index in [9.17, 15) is 14.3 Å². The van der Waals surface area contributed by atoms with Gasteiger partial charge < -0.3 is 25.0 Å². The number of piperidine rings is 1. The number of piperazine rings is 1. The fourth-order valence-electron chi connectivity index (χ4n) is 8.14. The minimum Gasteiger partial charge on any atom is -0.508 e. The summed E-state index contributed by atoms with van der Waals surface area (Å²) in [4.78, 5) is 18.6. The number of carbonyl (C=O) groups excluding carboxylic acids is 1. The molecule has 48 heavy (non-hydrogen) atoms. The van der Waals surface area contributed by atoms with E-state index in [0.717, 1.165) is 80.9 Å². The first-order valence-electron chi connectivity index (χ1n) is 17.0. The molecule has 2 fully saturated rings. The highest BCUT2D eigenvalue weighted by molar-refractivity contribution is 5.98. The zero-order valence-electron chi connectivity index (χ0n) is 26.9. The average molecular weight is 651 g/mol. The van der Waals surface area contributed by atoms with Crippen molar-refractivity contribution in [3.63, 3.8) is 0 Å². The number of ether oxygens (including phenoxy) is 1. The van der Waals surface area contributed by atoms with Crippen molar-refractivity contribution in [3.8, 4) is 11.5 Å². The lowest BCUT2D eigenvalue weighted by atomic mass is 9.76. The SMILES string of the molecule is O=C1NCc2cc(N3CCN(CC4CCN(c5ccc([C@@H]6c7ccc(O)cc7OCC6c6ccccc6)cc5F)CC4)CC3)c(F)cc21. The van der Waals surface area contributed by atoms with Gasteiger partial charge in [0.15, 0.2) is 0 Å². The molecule has 0 radical (unpaired) electrons. The number of fused-ring (bicyclic) bond motifs is 2. The second-order valence-corrected chi connectivity index (χ2v) is 13.6. The minimum absolute atomic E-state index is 0.0153. The van der Waals surface area contributed by atoms with Crippen LogP contribution in [-0.4, -0.2) is 68.3 Å². The summed E-state index contributed by atoms with van der Waals surface area (Å²) in [5.41, 5.74) is 5.53. The number of benzene rings is 4. The fourth-order valence-corrected chi connectivity index (χ4v) is 8.14. The molecule has 2 saturated heterocycles. The summed E-state index contributed by atoms with van der Waals surface area (Å²) in [6, 6.07) is 24.3. The molecule has 0 saturated carbocycles. The largest absolute Gasteiger partial charge is 0.508 e. The maximum absolute atomic E-state index is 16.0. The van der Waals surface area contributed by atoms with Crippen LogP contribution in [0.5, 0.6) is 11.5 Å². The number of hydrogen-bond acceptors (Lipinski definition) is 6. The van der Waals surface area contributed by atoms with Crippen LogP contribution in [0.3, 0.4) is 0 Å². The molecule has 0 bridgehead atoms. The Bertz CT molecular complexity index is 1820. The van der Waals surface area contributed by atoms with E-state index in [-0.39, 0.29) is 35.1 Å². The molecule has 1 unspecified atom stereocenters. The number of hydrogen-bond donors (Lipinski definition) is 2. The van der Waals surface area contributed by atoms with Gasteiger partial charge >= 0.3 is 0 Å². The molecule has 8 rings (SSSR count). The van der Waals surface area contributed by atoms with E-state index in [2.05, 4.69) is 38.2 Å². The van der Waals surface area contributed by atoms with Crippen molar-refractivity contribution in [1.29, 1.82) is 0 Å². The molecule has 0 aromatic heterocycles. The third kappa shape index (κ3) is 5.85. The molecule has 4 aromatic rings. The zero-order chi connectivity index (χ0) is 32.8. The van der Waals surface area contributed by atoms with E-state index in [1.165, 1.54) is 6.07 Å². The van der Waals surface area contributed by atoms with Crippen LogP contribution in [0, 0.1) is 17.6 Å². The second-order valence-electron chi connectivity index (χ2n) is 13.6. The van der Waals surface area contributed by atoms with E-state index in [1.807, 2.05) is 36.4 Å². The monoisotopic (exact) mass is 650 g/mol. The van der Waals surface area contributed by atoms with Gasteiger partial charge in [-0.2, -0.15) is 0 Å². The van der Waals surface area contributed by atoms with Crippen LogP contribution < -0.4 is 19.9 Å². The van der Waals surface area contributed by atoms with Crippen LogP contribution in [0.4, 0.5) is 20.2 Å². The van der Waals surface area contributed by atoms with Crippen LogP contribution in [0.1, 0.15) is 57.3 Å². The maximum Gasteiger partial charge on any atom is 0.252 e. The van der Waals surface area contributed by atoms with Gasteiger partial charge in [0, 0.05) is 81.4 Å².